The number of rotatable bonds is 5. The van der Waals surface area contributed by atoms with E-state index in [0.717, 1.165) is 19.3 Å². The quantitative estimate of drug-likeness (QED) is 0.768. The molecule has 3 N–H and O–H groups in total. The summed E-state index contributed by atoms with van der Waals surface area (Å²) >= 11 is 0. The van der Waals surface area contributed by atoms with Gasteiger partial charge in [0.25, 0.3) is 0 Å². The van der Waals surface area contributed by atoms with E-state index in [2.05, 4.69) is 12.2 Å². The molecule has 1 aliphatic heterocycles. The number of nitrogens with one attached hydrogen (secondary N) is 1. The zero-order valence-electron chi connectivity index (χ0n) is 11.5. The number of ether oxygens (including phenoxy) is 1. The monoisotopic (exact) mass is 256 g/mol. The predicted molar refractivity (Wildman–Crippen MR) is 68.8 cm³/mol. The van der Waals surface area contributed by atoms with Gasteiger partial charge in [-0.3, -0.25) is 9.59 Å². The standard InChI is InChI=1S/C13H24N2O3/c1-4-10-7-9(5-6-18-10)12(17)15-13(2,3)8-11(14)16/h9-10H,4-8H2,1-3H3,(H2,14,16)(H,15,17)/t9-,10+/m0/s1. The molecule has 1 saturated heterocycles. The highest BCUT2D eigenvalue weighted by molar-refractivity contribution is 5.81. The Morgan fingerprint density at radius 1 is 1.44 bits per heavy atom. The molecule has 104 valence electrons. The molecule has 5 heteroatoms. The third-order valence-electron chi connectivity index (χ3n) is 3.27. The van der Waals surface area contributed by atoms with E-state index in [4.69, 9.17) is 10.5 Å². The second-order valence-electron chi connectivity index (χ2n) is 5.64. The van der Waals surface area contributed by atoms with Crippen LogP contribution in [0.25, 0.3) is 0 Å². The number of nitrogens with two attached hydrogens (primary N) is 1. The minimum Gasteiger partial charge on any atom is -0.378 e. The molecule has 0 aromatic heterocycles. The summed E-state index contributed by atoms with van der Waals surface area (Å²) in [6.45, 7) is 6.31. The van der Waals surface area contributed by atoms with E-state index in [1.165, 1.54) is 0 Å². The van der Waals surface area contributed by atoms with Crippen LogP contribution in [0, 0.1) is 5.92 Å². The lowest BCUT2D eigenvalue weighted by Crippen LogP contribution is -2.49. The van der Waals surface area contributed by atoms with Crippen molar-refractivity contribution in [3.63, 3.8) is 0 Å². The van der Waals surface area contributed by atoms with Crippen LogP contribution in [-0.2, 0) is 14.3 Å². The van der Waals surface area contributed by atoms with Gasteiger partial charge in [-0.05, 0) is 33.1 Å². The predicted octanol–water partition coefficient (Wildman–Crippen LogP) is 0.962. The highest BCUT2D eigenvalue weighted by atomic mass is 16.5. The number of carbonyl (C=O) groups excluding carboxylic acids is 2. The van der Waals surface area contributed by atoms with Crippen LogP contribution in [0.3, 0.4) is 0 Å². The van der Waals surface area contributed by atoms with Crippen LogP contribution in [0.1, 0.15) is 46.5 Å². The van der Waals surface area contributed by atoms with Crippen LogP contribution in [0.15, 0.2) is 0 Å². The average Bonchev–Trinajstić information content (AvgIpc) is 2.26. The van der Waals surface area contributed by atoms with Crippen molar-refractivity contribution in [2.24, 2.45) is 11.7 Å². The molecule has 0 radical (unpaired) electrons. The molecule has 0 aromatic rings. The lowest BCUT2D eigenvalue weighted by Gasteiger charge is -2.32. The molecular formula is C13H24N2O3. The van der Waals surface area contributed by atoms with Gasteiger partial charge in [0.1, 0.15) is 0 Å². The number of primary amides is 1. The minimum absolute atomic E-state index is 0.00278. The van der Waals surface area contributed by atoms with Crippen LogP contribution in [0.5, 0.6) is 0 Å². The first kappa shape index (κ1) is 15.0. The molecule has 18 heavy (non-hydrogen) atoms. The van der Waals surface area contributed by atoms with Crippen LogP contribution in [0.2, 0.25) is 0 Å². The third-order valence-corrected chi connectivity index (χ3v) is 3.27. The van der Waals surface area contributed by atoms with Gasteiger partial charge in [-0.15, -0.1) is 0 Å². The van der Waals surface area contributed by atoms with E-state index in [1.807, 2.05) is 13.8 Å². The van der Waals surface area contributed by atoms with Gasteiger partial charge in [0, 0.05) is 24.5 Å². The van der Waals surface area contributed by atoms with Crippen molar-refractivity contribution >= 4 is 11.8 Å². The fourth-order valence-electron chi connectivity index (χ4n) is 2.32. The van der Waals surface area contributed by atoms with Crippen molar-refractivity contribution in [3.8, 4) is 0 Å². The highest BCUT2D eigenvalue weighted by Gasteiger charge is 2.31. The number of amides is 2. The summed E-state index contributed by atoms with van der Waals surface area (Å²) in [6, 6.07) is 0. The van der Waals surface area contributed by atoms with Crippen molar-refractivity contribution in [2.45, 2.75) is 58.1 Å². The van der Waals surface area contributed by atoms with Crippen molar-refractivity contribution in [1.82, 2.24) is 5.32 Å². The number of hydrogen-bond acceptors (Lipinski definition) is 3. The zero-order valence-corrected chi connectivity index (χ0v) is 11.5. The maximum absolute atomic E-state index is 12.1. The van der Waals surface area contributed by atoms with Crippen molar-refractivity contribution in [3.05, 3.63) is 0 Å². The first-order valence-corrected chi connectivity index (χ1v) is 6.56. The van der Waals surface area contributed by atoms with Gasteiger partial charge in [-0.2, -0.15) is 0 Å². The fraction of sp³-hybridized carbons (Fsp3) is 0.846. The highest BCUT2D eigenvalue weighted by Crippen LogP contribution is 2.23. The van der Waals surface area contributed by atoms with Crippen molar-refractivity contribution in [2.75, 3.05) is 6.61 Å². The Morgan fingerprint density at radius 2 is 2.11 bits per heavy atom. The molecule has 2 atom stereocenters. The summed E-state index contributed by atoms with van der Waals surface area (Å²) in [7, 11) is 0. The molecule has 5 nitrogen and oxygen atoms in total. The zero-order chi connectivity index (χ0) is 13.8. The lowest BCUT2D eigenvalue weighted by atomic mass is 9.91. The second-order valence-corrected chi connectivity index (χ2v) is 5.64. The Balaban J connectivity index is 2.51. The van der Waals surface area contributed by atoms with E-state index in [1.54, 1.807) is 0 Å². The maximum Gasteiger partial charge on any atom is 0.223 e. The Morgan fingerprint density at radius 3 is 2.67 bits per heavy atom. The third kappa shape index (κ3) is 4.64. The second kappa shape index (κ2) is 6.18. The summed E-state index contributed by atoms with van der Waals surface area (Å²) in [5.41, 5.74) is 4.59. The van der Waals surface area contributed by atoms with E-state index in [0.29, 0.717) is 6.61 Å². The molecule has 0 spiro atoms. The largest absolute Gasteiger partial charge is 0.378 e. The van der Waals surface area contributed by atoms with Crippen molar-refractivity contribution < 1.29 is 14.3 Å². The molecule has 0 aliphatic carbocycles. The molecule has 1 rings (SSSR count). The van der Waals surface area contributed by atoms with Gasteiger partial charge < -0.3 is 15.8 Å². The van der Waals surface area contributed by atoms with Crippen LogP contribution < -0.4 is 11.1 Å². The molecule has 0 unspecified atom stereocenters. The van der Waals surface area contributed by atoms with Gasteiger partial charge in [0.05, 0.1) is 6.10 Å². The number of hydrogen-bond donors (Lipinski definition) is 2. The van der Waals surface area contributed by atoms with Gasteiger partial charge >= 0.3 is 0 Å². The molecule has 2 amide bonds. The number of carbonyl (C=O) groups is 2. The molecule has 0 aromatic carbocycles. The Bertz CT molecular complexity index is 315. The molecule has 1 aliphatic rings. The van der Waals surface area contributed by atoms with Gasteiger partial charge in [0.15, 0.2) is 0 Å². The Hall–Kier alpha value is -1.10. The summed E-state index contributed by atoms with van der Waals surface area (Å²) in [4.78, 5) is 23.1. The van der Waals surface area contributed by atoms with Crippen LogP contribution in [0.4, 0.5) is 0 Å². The molecule has 0 bridgehead atoms. The first-order valence-electron chi connectivity index (χ1n) is 6.56. The van der Waals surface area contributed by atoms with E-state index >= 15 is 0 Å². The summed E-state index contributed by atoms with van der Waals surface area (Å²) in [6.07, 6.45) is 2.76. The molecule has 0 saturated carbocycles. The molecule has 1 heterocycles. The Labute approximate surface area is 108 Å². The van der Waals surface area contributed by atoms with E-state index in [-0.39, 0.29) is 24.3 Å². The van der Waals surface area contributed by atoms with Gasteiger partial charge in [-0.25, -0.2) is 0 Å². The topological polar surface area (TPSA) is 81.4 Å². The fourth-order valence-corrected chi connectivity index (χ4v) is 2.32. The Kier molecular flexibility index (Phi) is 5.14. The van der Waals surface area contributed by atoms with Crippen LogP contribution >= 0.6 is 0 Å². The maximum atomic E-state index is 12.1. The van der Waals surface area contributed by atoms with Crippen LogP contribution in [-0.4, -0.2) is 30.1 Å². The lowest BCUT2D eigenvalue weighted by molar-refractivity contribution is -0.132. The minimum atomic E-state index is -0.580. The summed E-state index contributed by atoms with van der Waals surface area (Å²) in [5, 5.41) is 2.91. The average molecular weight is 256 g/mol. The molecular weight excluding hydrogens is 232 g/mol. The summed E-state index contributed by atoms with van der Waals surface area (Å²) < 4.78 is 5.55. The van der Waals surface area contributed by atoms with Gasteiger partial charge in [-0.1, -0.05) is 6.92 Å². The normalized spacial score (nSPS) is 24.6. The summed E-state index contributed by atoms with van der Waals surface area (Å²) in [5.74, 6) is -0.419. The SMILES string of the molecule is CC[C@@H]1C[C@@H](C(=O)NC(C)(C)CC(N)=O)CCO1. The first-order chi connectivity index (χ1) is 8.34. The molecule has 1 fully saturated rings. The van der Waals surface area contributed by atoms with Gasteiger partial charge in [0.2, 0.25) is 11.8 Å². The van der Waals surface area contributed by atoms with E-state index < -0.39 is 11.4 Å². The van der Waals surface area contributed by atoms with Crippen molar-refractivity contribution in [1.29, 1.82) is 0 Å². The smallest absolute Gasteiger partial charge is 0.223 e. The van der Waals surface area contributed by atoms with E-state index in [9.17, 15) is 9.59 Å².